The molecular formula is C67H108O6. The van der Waals surface area contributed by atoms with Gasteiger partial charge in [0.2, 0.25) is 0 Å². The molecule has 412 valence electrons. The van der Waals surface area contributed by atoms with Crippen LogP contribution in [0, 0.1) is 0 Å². The molecule has 73 heavy (non-hydrogen) atoms. The largest absolute Gasteiger partial charge is 0.462 e. The predicted molar refractivity (Wildman–Crippen MR) is 316 cm³/mol. The van der Waals surface area contributed by atoms with Gasteiger partial charge in [-0.1, -0.05) is 251 Å². The molecule has 0 fully saturated rings. The summed E-state index contributed by atoms with van der Waals surface area (Å²) in [5, 5.41) is 0. The van der Waals surface area contributed by atoms with E-state index < -0.39 is 12.1 Å². The van der Waals surface area contributed by atoms with E-state index in [2.05, 4.69) is 142 Å². The quantitative estimate of drug-likeness (QED) is 0.0261. The van der Waals surface area contributed by atoms with Gasteiger partial charge in [0, 0.05) is 12.8 Å². The van der Waals surface area contributed by atoms with Gasteiger partial charge in [0.1, 0.15) is 13.2 Å². The molecule has 0 amide bonds. The number of unbranched alkanes of at least 4 members (excludes halogenated alkanes) is 20. The van der Waals surface area contributed by atoms with E-state index in [1.807, 2.05) is 6.08 Å². The number of allylic oxidation sites excluding steroid dienone is 21. The van der Waals surface area contributed by atoms with E-state index in [4.69, 9.17) is 14.2 Å². The second kappa shape index (κ2) is 60.1. The lowest BCUT2D eigenvalue weighted by atomic mass is 10.0. The maximum Gasteiger partial charge on any atom is 0.310 e. The van der Waals surface area contributed by atoms with Crippen molar-refractivity contribution in [1.29, 1.82) is 0 Å². The minimum atomic E-state index is -0.850. The number of hydrogen-bond donors (Lipinski definition) is 0. The topological polar surface area (TPSA) is 78.9 Å². The van der Waals surface area contributed by atoms with Crippen molar-refractivity contribution in [3.8, 4) is 0 Å². The van der Waals surface area contributed by atoms with Crippen LogP contribution in [0.2, 0.25) is 0 Å². The lowest BCUT2D eigenvalue weighted by Crippen LogP contribution is -2.30. The van der Waals surface area contributed by atoms with E-state index in [0.717, 1.165) is 103 Å². The van der Waals surface area contributed by atoms with Crippen LogP contribution < -0.4 is 0 Å². The molecule has 0 aromatic heterocycles. The molecule has 1 atom stereocenters. The van der Waals surface area contributed by atoms with Crippen molar-refractivity contribution in [2.24, 2.45) is 0 Å². The maximum absolute atomic E-state index is 12.8. The fourth-order valence-corrected chi connectivity index (χ4v) is 7.77. The second-order valence-electron chi connectivity index (χ2n) is 19.2. The van der Waals surface area contributed by atoms with Crippen LogP contribution in [-0.4, -0.2) is 37.2 Å². The Labute approximate surface area is 449 Å². The van der Waals surface area contributed by atoms with Gasteiger partial charge in [-0.3, -0.25) is 14.4 Å². The highest BCUT2D eigenvalue weighted by Crippen LogP contribution is 2.14. The van der Waals surface area contributed by atoms with Gasteiger partial charge in [-0.15, -0.1) is 0 Å². The summed E-state index contributed by atoms with van der Waals surface area (Å²) in [5.74, 6) is -1.10. The monoisotopic (exact) mass is 1010 g/mol. The minimum Gasteiger partial charge on any atom is -0.462 e. The van der Waals surface area contributed by atoms with Crippen molar-refractivity contribution in [1.82, 2.24) is 0 Å². The smallest absolute Gasteiger partial charge is 0.310 e. The zero-order chi connectivity index (χ0) is 52.9. The molecule has 0 aromatic carbocycles. The van der Waals surface area contributed by atoms with Crippen LogP contribution in [0.1, 0.15) is 252 Å². The van der Waals surface area contributed by atoms with Crippen molar-refractivity contribution < 1.29 is 28.6 Å². The van der Waals surface area contributed by atoms with E-state index >= 15 is 0 Å². The normalized spacial score (nSPS) is 13.1. The Kier molecular flexibility index (Phi) is 56.4. The summed E-state index contributed by atoms with van der Waals surface area (Å²) in [6, 6.07) is 0. The molecule has 0 N–H and O–H groups in total. The number of carbonyl (C=O) groups is 3. The summed E-state index contributed by atoms with van der Waals surface area (Å²) in [5.41, 5.74) is 0. The summed E-state index contributed by atoms with van der Waals surface area (Å²) in [6.07, 6.45) is 84.9. The minimum absolute atomic E-state index is 0.0851. The first-order chi connectivity index (χ1) is 36.0. The van der Waals surface area contributed by atoms with Gasteiger partial charge < -0.3 is 14.2 Å². The number of rotatable bonds is 52. The molecule has 0 aliphatic heterocycles. The van der Waals surface area contributed by atoms with Crippen molar-refractivity contribution in [2.45, 2.75) is 258 Å². The van der Waals surface area contributed by atoms with E-state index in [9.17, 15) is 14.4 Å². The third-order valence-electron chi connectivity index (χ3n) is 12.2. The molecule has 0 rings (SSSR count). The molecule has 0 aliphatic carbocycles. The summed E-state index contributed by atoms with van der Waals surface area (Å²) in [6.45, 7) is 6.28. The SMILES string of the molecule is CC/C=C\C/C=C\C/C=C\C/C=C\C/C=C\CC(=O)OC(COC(=O)CCCCC/C=C\C/C=C\C/C=C\CC)COC(=O)CCCCCCCCCCCCCC/C=C\C/C=C\C/C=C\CCCCCCC. The Morgan fingerprint density at radius 1 is 0.301 bits per heavy atom. The van der Waals surface area contributed by atoms with Crippen LogP contribution >= 0.6 is 0 Å². The van der Waals surface area contributed by atoms with Crippen LogP contribution in [0.3, 0.4) is 0 Å². The molecule has 1 unspecified atom stereocenters. The highest BCUT2D eigenvalue weighted by Gasteiger charge is 2.19. The van der Waals surface area contributed by atoms with Crippen LogP contribution in [0.15, 0.2) is 134 Å². The number of carbonyl (C=O) groups excluding carboxylic acids is 3. The van der Waals surface area contributed by atoms with Gasteiger partial charge in [-0.2, -0.15) is 0 Å². The second-order valence-corrected chi connectivity index (χ2v) is 19.2. The lowest BCUT2D eigenvalue weighted by Gasteiger charge is -2.18. The fraction of sp³-hybridized carbons (Fsp3) is 0.627. The summed E-state index contributed by atoms with van der Waals surface area (Å²) in [4.78, 5) is 38.1. The summed E-state index contributed by atoms with van der Waals surface area (Å²) >= 11 is 0. The van der Waals surface area contributed by atoms with E-state index in [-0.39, 0.29) is 31.6 Å². The molecule has 0 aliphatic rings. The van der Waals surface area contributed by atoms with Crippen LogP contribution in [0.5, 0.6) is 0 Å². The summed E-state index contributed by atoms with van der Waals surface area (Å²) in [7, 11) is 0. The van der Waals surface area contributed by atoms with Gasteiger partial charge in [0.25, 0.3) is 0 Å². The van der Waals surface area contributed by atoms with Gasteiger partial charge in [-0.25, -0.2) is 0 Å². The van der Waals surface area contributed by atoms with E-state index in [1.54, 1.807) is 6.08 Å². The third kappa shape index (κ3) is 58.3. The van der Waals surface area contributed by atoms with E-state index in [1.165, 1.54) is 103 Å². The molecule has 6 nitrogen and oxygen atoms in total. The van der Waals surface area contributed by atoms with Crippen LogP contribution in [-0.2, 0) is 28.6 Å². The van der Waals surface area contributed by atoms with E-state index in [0.29, 0.717) is 19.3 Å². The zero-order valence-corrected chi connectivity index (χ0v) is 47.1. The Balaban J connectivity index is 4.38. The van der Waals surface area contributed by atoms with Crippen molar-refractivity contribution in [3.05, 3.63) is 134 Å². The molecule has 0 heterocycles. The lowest BCUT2D eigenvalue weighted by molar-refractivity contribution is -0.166. The van der Waals surface area contributed by atoms with Crippen molar-refractivity contribution >= 4 is 17.9 Å². The van der Waals surface area contributed by atoms with Gasteiger partial charge in [-0.05, 0) is 116 Å². The molecule has 0 radical (unpaired) electrons. The van der Waals surface area contributed by atoms with Crippen LogP contribution in [0.25, 0.3) is 0 Å². The first-order valence-electron chi connectivity index (χ1n) is 29.7. The Morgan fingerprint density at radius 3 is 0.918 bits per heavy atom. The Hall–Kier alpha value is -4.45. The molecule has 0 bridgehead atoms. The number of hydrogen-bond acceptors (Lipinski definition) is 6. The predicted octanol–water partition coefficient (Wildman–Crippen LogP) is 20.2. The molecule has 0 saturated carbocycles. The zero-order valence-electron chi connectivity index (χ0n) is 47.1. The third-order valence-corrected chi connectivity index (χ3v) is 12.2. The number of esters is 3. The summed E-state index contributed by atoms with van der Waals surface area (Å²) < 4.78 is 16.7. The fourth-order valence-electron chi connectivity index (χ4n) is 7.77. The highest BCUT2D eigenvalue weighted by molar-refractivity contribution is 5.72. The molecular weight excluding hydrogens is 901 g/mol. The van der Waals surface area contributed by atoms with Crippen LogP contribution in [0.4, 0.5) is 0 Å². The molecule has 6 heteroatoms. The first-order valence-corrected chi connectivity index (χ1v) is 29.7. The maximum atomic E-state index is 12.8. The van der Waals surface area contributed by atoms with Gasteiger partial charge in [0.15, 0.2) is 6.10 Å². The van der Waals surface area contributed by atoms with Crippen molar-refractivity contribution in [3.63, 3.8) is 0 Å². The average molecular weight is 1010 g/mol. The van der Waals surface area contributed by atoms with Crippen molar-refractivity contribution in [2.75, 3.05) is 13.2 Å². The molecule has 0 saturated heterocycles. The Bertz CT molecular complexity index is 1580. The average Bonchev–Trinajstić information content (AvgIpc) is 3.39. The Morgan fingerprint density at radius 2 is 0.575 bits per heavy atom. The van der Waals surface area contributed by atoms with Gasteiger partial charge >= 0.3 is 17.9 Å². The standard InChI is InChI=1S/C67H108O6/c1-4-7-10-13-16-19-22-25-27-28-29-30-31-32-33-34-35-36-37-38-40-42-45-48-51-54-57-60-66(69)72-63-64(62-71-65(68)59-56-53-50-47-44-41-24-21-18-15-12-9-6-3)73-67(70)61-58-55-52-49-46-43-39-26-23-20-17-14-11-8-5-2/h8-9,11-12,17-18,20-22,25-26,28-29,31-32,39,41,44,46,49,55,58,64H,4-7,10,13-16,19,23-24,27,30,33-38,40,42-43,45,47-48,50-54,56-57,59-63H2,1-3H3/b11-8-,12-9-,20-17-,21-18-,25-22-,29-28-,32-31-,39-26-,44-41-,49-46-,58-55-. The number of ether oxygens (including phenoxy) is 3. The molecule has 0 spiro atoms. The highest BCUT2D eigenvalue weighted by atomic mass is 16.6. The van der Waals surface area contributed by atoms with Gasteiger partial charge in [0.05, 0.1) is 6.42 Å². The first kappa shape index (κ1) is 68.6. The molecule has 0 aromatic rings.